The number of rotatable bonds is 5. The molecule has 0 bridgehead atoms. The number of fused-ring (bicyclic) bond motifs is 1. The van der Waals surface area contributed by atoms with Crippen molar-refractivity contribution in [2.24, 2.45) is 4.99 Å². The van der Waals surface area contributed by atoms with Gasteiger partial charge in [-0.25, -0.2) is 9.79 Å². The average Bonchev–Trinajstić information content (AvgIpc) is 2.73. The van der Waals surface area contributed by atoms with Gasteiger partial charge in [-0.2, -0.15) is 0 Å². The summed E-state index contributed by atoms with van der Waals surface area (Å²) in [4.78, 5) is 16.8. The lowest BCUT2D eigenvalue weighted by Crippen LogP contribution is -1.91. The molecular formula is C13H14N2O2. The highest BCUT2D eigenvalue weighted by atomic mass is 16.5. The minimum Gasteiger partial charge on any atom is -0.494 e. The second-order valence-electron chi connectivity index (χ2n) is 3.68. The zero-order chi connectivity index (χ0) is 12.1. The number of hydrogen-bond donors (Lipinski definition) is 1. The summed E-state index contributed by atoms with van der Waals surface area (Å²) in [6.45, 7) is 3.08. The first kappa shape index (κ1) is 11.4. The fourth-order valence-electron chi connectivity index (χ4n) is 1.84. The molecule has 2 rings (SSSR count). The highest BCUT2D eigenvalue weighted by Gasteiger charge is 2.04. The van der Waals surface area contributed by atoms with Gasteiger partial charge in [0.25, 0.3) is 0 Å². The van der Waals surface area contributed by atoms with Crippen molar-refractivity contribution in [2.45, 2.75) is 13.3 Å². The molecule has 1 heterocycles. The van der Waals surface area contributed by atoms with Crippen LogP contribution in [0.2, 0.25) is 0 Å². The Bertz CT molecular complexity index is 554. The van der Waals surface area contributed by atoms with Crippen molar-refractivity contribution in [3.63, 3.8) is 0 Å². The van der Waals surface area contributed by atoms with Crippen LogP contribution in [0.5, 0.6) is 5.75 Å². The number of nitrogens with one attached hydrogen (secondary N) is 1. The molecule has 0 saturated heterocycles. The van der Waals surface area contributed by atoms with Crippen LogP contribution in [0.15, 0.2) is 29.4 Å². The Labute approximate surface area is 99.3 Å². The van der Waals surface area contributed by atoms with Gasteiger partial charge in [0.15, 0.2) is 0 Å². The lowest BCUT2D eigenvalue weighted by atomic mass is 10.1. The number of ether oxygens (including phenoxy) is 1. The van der Waals surface area contributed by atoms with Crippen molar-refractivity contribution >= 4 is 17.0 Å². The number of benzene rings is 1. The third kappa shape index (κ3) is 2.55. The van der Waals surface area contributed by atoms with Gasteiger partial charge in [-0.1, -0.05) is 0 Å². The Morgan fingerprint density at radius 2 is 2.35 bits per heavy atom. The van der Waals surface area contributed by atoms with E-state index >= 15 is 0 Å². The van der Waals surface area contributed by atoms with E-state index in [1.54, 1.807) is 6.08 Å². The van der Waals surface area contributed by atoms with Crippen molar-refractivity contribution in [3.05, 3.63) is 30.0 Å². The first-order valence-electron chi connectivity index (χ1n) is 5.61. The normalized spacial score (nSPS) is 10.2. The molecule has 4 heteroatoms. The van der Waals surface area contributed by atoms with E-state index in [0.29, 0.717) is 13.2 Å². The predicted octanol–water partition coefficient (Wildman–Crippen LogP) is 2.44. The Morgan fingerprint density at radius 3 is 3.12 bits per heavy atom. The van der Waals surface area contributed by atoms with Gasteiger partial charge in [0.1, 0.15) is 5.75 Å². The van der Waals surface area contributed by atoms with Crippen LogP contribution >= 0.6 is 0 Å². The second kappa shape index (κ2) is 5.32. The van der Waals surface area contributed by atoms with Gasteiger partial charge < -0.3 is 9.72 Å². The zero-order valence-electron chi connectivity index (χ0n) is 9.69. The van der Waals surface area contributed by atoms with Gasteiger partial charge in [0.2, 0.25) is 6.08 Å². The van der Waals surface area contributed by atoms with Gasteiger partial charge in [-0.15, -0.1) is 0 Å². The monoisotopic (exact) mass is 230 g/mol. The van der Waals surface area contributed by atoms with E-state index < -0.39 is 0 Å². The third-order valence-electron chi connectivity index (χ3n) is 2.61. The molecule has 0 aliphatic rings. The number of aromatic amines is 1. The van der Waals surface area contributed by atoms with Crippen molar-refractivity contribution in [3.8, 4) is 5.75 Å². The topological polar surface area (TPSA) is 54.4 Å². The molecule has 0 spiro atoms. The van der Waals surface area contributed by atoms with Gasteiger partial charge in [-0.05, 0) is 37.1 Å². The number of nitrogens with zero attached hydrogens (tertiary/aromatic N) is 1. The van der Waals surface area contributed by atoms with Crippen LogP contribution in [0.4, 0.5) is 0 Å². The molecule has 88 valence electrons. The minimum atomic E-state index is 0.468. The smallest absolute Gasteiger partial charge is 0.234 e. The van der Waals surface area contributed by atoms with Gasteiger partial charge in [-0.3, -0.25) is 0 Å². The Morgan fingerprint density at radius 1 is 1.47 bits per heavy atom. The quantitative estimate of drug-likeness (QED) is 0.633. The van der Waals surface area contributed by atoms with Gasteiger partial charge in [0, 0.05) is 17.1 Å². The van der Waals surface area contributed by atoms with Crippen molar-refractivity contribution in [1.82, 2.24) is 4.98 Å². The predicted molar refractivity (Wildman–Crippen MR) is 66.2 cm³/mol. The first-order valence-corrected chi connectivity index (χ1v) is 5.61. The Hall–Kier alpha value is -2.06. The van der Waals surface area contributed by atoms with Crippen molar-refractivity contribution in [1.29, 1.82) is 0 Å². The van der Waals surface area contributed by atoms with Crippen LogP contribution in [0, 0.1) is 0 Å². The maximum Gasteiger partial charge on any atom is 0.234 e. The van der Waals surface area contributed by atoms with Crippen LogP contribution in [0.25, 0.3) is 10.9 Å². The summed E-state index contributed by atoms with van der Waals surface area (Å²) in [7, 11) is 0. The van der Waals surface area contributed by atoms with E-state index in [1.165, 1.54) is 0 Å². The lowest BCUT2D eigenvalue weighted by molar-refractivity contribution is 0.340. The standard InChI is InChI=1S/C13H14N2O2/c1-2-17-11-3-4-13-12(7-11)10(8-15-13)5-6-14-9-16/h3-4,7-8,15H,2,5-6H2,1H3. The molecule has 0 fully saturated rings. The fourth-order valence-corrected chi connectivity index (χ4v) is 1.84. The molecule has 0 aliphatic heterocycles. The molecule has 0 saturated carbocycles. The summed E-state index contributed by atoms with van der Waals surface area (Å²) in [5.74, 6) is 0.861. The van der Waals surface area contributed by atoms with E-state index in [0.717, 1.165) is 28.6 Å². The van der Waals surface area contributed by atoms with Crippen LogP contribution in [-0.2, 0) is 11.2 Å². The molecule has 1 aromatic heterocycles. The number of H-pyrrole nitrogens is 1. The van der Waals surface area contributed by atoms with E-state index in [1.807, 2.05) is 31.3 Å². The fraction of sp³-hybridized carbons (Fsp3) is 0.308. The Balaban J connectivity index is 2.29. The maximum atomic E-state index is 10.0. The molecule has 1 aromatic carbocycles. The van der Waals surface area contributed by atoms with E-state index in [9.17, 15) is 4.79 Å². The van der Waals surface area contributed by atoms with E-state index in [4.69, 9.17) is 4.74 Å². The molecule has 2 aromatic rings. The molecule has 1 N–H and O–H groups in total. The summed E-state index contributed by atoms with van der Waals surface area (Å²) in [5.41, 5.74) is 2.21. The van der Waals surface area contributed by atoms with Crippen molar-refractivity contribution < 1.29 is 9.53 Å². The number of hydrogen-bond acceptors (Lipinski definition) is 3. The second-order valence-corrected chi connectivity index (χ2v) is 3.68. The Kier molecular flexibility index (Phi) is 3.58. The molecule has 4 nitrogen and oxygen atoms in total. The van der Waals surface area contributed by atoms with E-state index in [2.05, 4.69) is 9.98 Å². The molecular weight excluding hydrogens is 216 g/mol. The molecule has 0 radical (unpaired) electrons. The molecule has 17 heavy (non-hydrogen) atoms. The summed E-state index contributed by atoms with van der Waals surface area (Å²) >= 11 is 0. The van der Waals surface area contributed by atoms with Crippen LogP contribution in [-0.4, -0.2) is 24.2 Å². The van der Waals surface area contributed by atoms with Crippen molar-refractivity contribution in [2.75, 3.05) is 13.2 Å². The zero-order valence-corrected chi connectivity index (χ0v) is 9.69. The number of isocyanates is 1. The van der Waals surface area contributed by atoms with Gasteiger partial charge in [0.05, 0.1) is 13.2 Å². The molecule has 0 atom stereocenters. The largest absolute Gasteiger partial charge is 0.494 e. The summed E-state index contributed by atoms with van der Waals surface area (Å²) in [6.07, 6.45) is 4.22. The molecule has 0 unspecified atom stereocenters. The summed E-state index contributed by atoms with van der Waals surface area (Å²) in [6, 6.07) is 5.94. The lowest BCUT2D eigenvalue weighted by Gasteiger charge is -2.03. The minimum absolute atomic E-state index is 0.468. The summed E-state index contributed by atoms with van der Waals surface area (Å²) in [5, 5.41) is 1.12. The highest BCUT2D eigenvalue weighted by molar-refractivity contribution is 5.84. The third-order valence-corrected chi connectivity index (χ3v) is 2.61. The van der Waals surface area contributed by atoms with Crippen LogP contribution < -0.4 is 4.74 Å². The van der Waals surface area contributed by atoms with Crippen LogP contribution in [0.1, 0.15) is 12.5 Å². The SMILES string of the molecule is CCOc1ccc2[nH]cc(CCN=C=O)c2c1. The molecule has 0 aliphatic carbocycles. The first-order chi connectivity index (χ1) is 8.35. The van der Waals surface area contributed by atoms with Crippen LogP contribution in [0.3, 0.4) is 0 Å². The van der Waals surface area contributed by atoms with Gasteiger partial charge >= 0.3 is 0 Å². The highest BCUT2D eigenvalue weighted by Crippen LogP contribution is 2.24. The number of aromatic nitrogens is 1. The summed E-state index contributed by atoms with van der Waals surface area (Å²) < 4.78 is 5.46. The van der Waals surface area contributed by atoms with E-state index in [-0.39, 0.29) is 0 Å². The molecule has 0 amide bonds. The average molecular weight is 230 g/mol. The maximum absolute atomic E-state index is 10.0. The number of carbonyl (C=O) groups excluding carboxylic acids is 1. The number of aliphatic imine (C=N–C) groups is 1.